The second kappa shape index (κ2) is 20.2. The van der Waals surface area contributed by atoms with Gasteiger partial charge < -0.3 is 25.0 Å². The van der Waals surface area contributed by atoms with Crippen molar-refractivity contribution < 1.29 is 9.47 Å². The summed E-state index contributed by atoms with van der Waals surface area (Å²) in [6.07, 6.45) is 7.40. The molecular weight excluding hydrogens is 467 g/mol. The summed E-state index contributed by atoms with van der Waals surface area (Å²) < 4.78 is 11.1. The van der Waals surface area contributed by atoms with Crippen LogP contribution in [0.2, 0.25) is 0 Å². The summed E-state index contributed by atoms with van der Waals surface area (Å²) in [5.41, 5.74) is 0. The van der Waals surface area contributed by atoms with Gasteiger partial charge in [-0.2, -0.15) is 0 Å². The third-order valence-electron chi connectivity index (χ3n) is 4.93. The zero-order valence-electron chi connectivity index (χ0n) is 18.5. The predicted molar refractivity (Wildman–Crippen MR) is 130 cm³/mol. The van der Waals surface area contributed by atoms with E-state index in [1.54, 1.807) is 0 Å². The second-order valence-corrected chi connectivity index (χ2v) is 7.50. The Morgan fingerprint density at radius 1 is 0.964 bits per heavy atom. The molecule has 0 bridgehead atoms. The van der Waals surface area contributed by atoms with E-state index in [0.717, 1.165) is 51.0 Å². The Morgan fingerprint density at radius 2 is 1.68 bits per heavy atom. The molecule has 0 spiro atoms. The number of piperidine rings is 1. The van der Waals surface area contributed by atoms with Gasteiger partial charge in [0.05, 0.1) is 19.8 Å². The number of rotatable bonds is 15. The molecule has 2 N–H and O–H groups in total. The molecule has 0 amide bonds. The third kappa shape index (κ3) is 15.8. The zero-order chi connectivity index (χ0) is 19.6. The minimum Gasteiger partial charge on any atom is -0.379 e. The molecule has 1 aliphatic heterocycles. The van der Waals surface area contributed by atoms with E-state index < -0.39 is 0 Å². The van der Waals surface area contributed by atoms with Gasteiger partial charge in [0.1, 0.15) is 0 Å². The predicted octanol–water partition coefficient (Wildman–Crippen LogP) is 3.50. The quantitative estimate of drug-likeness (QED) is 0.152. The highest BCUT2D eigenvalue weighted by molar-refractivity contribution is 14.0. The molecule has 0 aromatic rings. The van der Waals surface area contributed by atoms with Crippen molar-refractivity contribution in [1.82, 2.24) is 15.5 Å². The van der Waals surface area contributed by atoms with Crippen molar-refractivity contribution in [2.24, 2.45) is 10.9 Å². The number of nitrogens with one attached hydrogen (secondary N) is 2. The van der Waals surface area contributed by atoms with E-state index in [9.17, 15) is 0 Å². The molecule has 0 aromatic carbocycles. The summed E-state index contributed by atoms with van der Waals surface area (Å²) >= 11 is 0. The molecule has 7 heteroatoms. The van der Waals surface area contributed by atoms with E-state index in [1.807, 2.05) is 0 Å². The molecule has 0 unspecified atom stereocenters. The lowest BCUT2D eigenvalue weighted by Gasteiger charge is -2.30. The summed E-state index contributed by atoms with van der Waals surface area (Å²) in [7, 11) is 0. The monoisotopic (exact) mass is 512 g/mol. The first-order chi connectivity index (χ1) is 13.3. The summed E-state index contributed by atoms with van der Waals surface area (Å²) in [5.74, 6) is 1.81. The smallest absolute Gasteiger partial charge is 0.191 e. The fourth-order valence-electron chi connectivity index (χ4n) is 3.08. The molecule has 0 radical (unpaired) electrons. The van der Waals surface area contributed by atoms with Gasteiger partial charge in [0.15, 0.2) is 5.96 Å². The van der Waals surface area contributed by atoms with E-state index in [-0.39, 0.29) is 24.0 Å². The van der Waals surface area contributed by atoms with Crippen molar-refractivity contribution in [2.75, 3.05) is 65.7 Å². The third-order valence-corrected chi connectivity index (χ3v) is 4.93. The van der Waals surface area contributed by atoms with Crippen LogP contribution in [-0.4, -0.2) is 76.6 Å². The van der Waals surface area contributed by atoms with Crippen LogP contribution in [-0.2, 0) is 9.47 Å². The molecule has 168 valence electrons. The normalized spacial score (nSPS) is 16.0. The van der Waals surface area contributed by atoms with Gasteiger partial charge in [-0.05, 0) is 64.6 Å². The zero-order valence-corrected chi connectivity index (χ0v) is 20.8. The van der Waals surface area contributed by atoms with Gasteiger partial charge in [0, 0.05) is 26.2 Å². The van der Waals surface area contributed by atoms with Crippen LogP contribution in [0.25, 0.3) is 0 Å². The molecule has 1 fully saturated rings. The van der Waals surface area contributed by atoms with Crippen LogP contribution in [0.3, 0.4) is 0 Å². The van der Waals surface area contributed by atoms with Gasteiger partial charge in [-0.3, -0.25) is 4.99 Å². The molecule has 0 aromatic heterocycles. The van der Waals surface area contributed by atoms with Crippen molar-refractivity contribution in [3.8, 4) is 0 Å². The number of aliphatic imine (C=N–C) groups is 1. The van der Waals surface area contributed by atoms with Gasteiger partial charge in [0.25, 0.3) is 0 Å². The SMILES string of the molecule is CCCCOCCOCCNC(=NCCCCN1CCC(C)CC1)NCC.I. The van der Waals surface area contributed by atoms with Gasteiger partial charge in [0.2, 0.25) is 0 Å². The van der Waals surface area contributed by atoms with Gasteiger partial charge >= 0.3 is 0 Å². The lowest BCUT2D eigenvalue weighted by Crippen LogP contribution is -2.39. The fraction of sp³-hybridized carbons (Fsp3) is 0.952. The van der Waals surface area contributed by atoms with E-state index in [2.05, 4.69) is 41.3 Å². The Bertz CT molecular complexity index is 364. The maximum Gasteiger partial charge on any atom is 0.191 e. The molecule has 28 heavy (non-hydrogen) atoms. The fourth-order valence-corrected chi connectivity index (χ4v) is 3.08. The number of nitrogens with zero attached hydrogens (tertiary/aromatic N) is 2. The average molecular weight is 513 g/mol. The van der Waals surface area contributed by atoms with Crippen molar-refractivity contribution in [3.63, 3.8) is 0 Å². The van der Waals surface area contributed by atoms with E-state index in [4.69, 9.17) is 9.47 Å². The number of guanidine groups is 1. The highest BCUT2D eigenvalue weighted by Crippen LogP contribution is 2.16. The minimum absolute atomic E-state index is 0. The van der Waals surface area contributed by atoms with E-state index in [0.29, 0.717) is 19.8 Å². The molecule has 0 aliphatic carbocycles. The average Bonchev–Trinajstić information content (AvgIpc) is 2.67. The molecule has 0 saturated carbocycles. The maximum atomic E-state index is 5.58. The maximum absolute atomic E-state index is 5.58. The Balaban J connectivity index is 0.00000729. The Kier molecular flexibility index (Phi) is 20.1. The first-order valence-electron chi connectivity index (χ1n) is 11.2. The summed E-state index contributed by atoms with van der Waals surface area (Å²) in [6, 6.07) is 0. The van der Waals surface area contributed by atoms with Crippen molar-refractivity contribution >= 4 is 29.9 Å². The molecule has 0 atom stereocenters. The van der Waals surface area contributed by atoms with Gasteiger partial charge in [-0.1, -0.05) is 20.3 Å². The first kappa shape index (κ1) is 27.9. The summed E-state index contributed by atoms with van der Waals surface area (Å²) in [6.45, 7) is 15.8. The highest BCUT2D eigenvalue weighted by atomic mass is 127. The molecular formula is C21H45IN4O2. The van der Waals surface area contributed by atoms with Crippen molar-refractivity contribution in [3.05, 3.63) is 0 Å². The van der Waals surface area contributed by atoms with E-state index >= 15 is 0 Å². The van der Waals surface area contributed by atoms with Crippen LogP contribution < -0.4 is 10.6 Å². The molecule has 6 nitrogen and oxygen atoms in total. The Morgan fingerprint density at radius 3 is 2.36 bits per heavy atom. The Hall–Kier alpha value is -0.120. The standard InChI is InChI=1S/C21H44N4O2.HI/c1-4-6-16-26-18-19-27-17-12-24-21(22-5-2)23-11-7-8-13-25-14-9-20(3)10-15-25;/h20H,4-19H2,1-3H3,(H2,22,23,24);1H. The number of ether oxygens (including phenoxy) is 2. The highest BCUT2D eigenvalue weighted by Gasteiger charge is 2.14. The van der Waals surface area contributed by atoms with Crippen LogP contribution in [0, 0.1) is 5.92 Å². The van der Waals surface area contributed by atoms with Gasteiger partial charge in [-0.25, -0.2) is 0 Å². The lowest BCUT2D eigenvalue weighted by atomic mass is 9.99. The minimum atomic E-state index is 0. The number of hydrogen-bond donors (Lipinski definition) is 2. The van der Waals surface area contributed by atoms with Crippen LogP contribution in [0.4, 0.5) is 0 Å². The second-order valence-electron chi connectivity index (χ2n) is 7.50. The van der Waals surface area contributed by atoms with E-state index in [1.165, 1.54) is 45.3 Å². The molecule has 1 aliphatic rings. The topological polar surface area (TPSA) is 58.1 Å². The summed E-state index contributed by atoms with van der Waals surface area (Å²) in [5, 5.41) is 6.64. The molecule has 1 saturated heterocycles. The van der Waals surface area contributed by atoms with Crippen LogP contribution >= 0.6 is 24.0 Å². The van der Waals surface area contributed by atoms with Crippen LogP contribution in [0.5, 0.6) is 0 Å². The number of hydrogen-bond acceptors (Lipinski definition) is 4. The van der Waals surface area contributed by atoms with Crippen molar-refractivity contribution in [1.29, 1.82) is 0 Å². The largest absolute Gasteiger partial charge is 0.379 e. The van der Waals surface area contributed by atoms with Crippen molar-refractivity contribution in [2.45, 2.75) is 59.3 Å². The number of unbranched alkanes of at least 4 members (excludes halogenated alkanes) is 2. The molecule has 1 rings (SSSR count). The first-order valence-corrected chi connectivity index (χ1v) is 11.2. The number of likely N-dealkylation sites (tertiary alicyclic amines) is 1. The molecule has 1 heterocycles. The Labute approximate surface area is 190 Å². The van der Waals surface area contributed by atoms with Crippen LogP contribution in [0.15, 0.2) is 4.99 Å². The summed E-state index contributed by atoms with van der Waals surface area (Å²) in [4.78, 5) is 7.28. The lowest BCUT2D eigenvalue weighted by molar-refractivity contribution is 0.0487. The number of halogens is 1. The van der Waals surface area contributed by atoms with Crippen LogP contribution in [0.1, 0.15) is 59.3 Å². The van der Waals surface area contributed by atoms with Gasteiger partial charge in [-0.15, -0.1) is 24.0 Å².